The standard InChI is InChI=1S/C18H18N4O2/c1-21-11-20-16-9-22(12(10-23)8-17(16)21)18(24)14-6-7-19-15-5-3-2-4-13(14)15/h2-7,11-12,23H,8-10H2,1H3/t12-/m1/s1. The lowest BCUT2D eigenvalue weighted by molar-refractivity contribution is 0.0538. The van der Waals surface area contributed by atoms with E-state index < -0.39 is 0 Å². The van der Waals surface area contributed by atoms with Gasteiger partial charge >= 0.3 is 0 Å². The van der Waals surface area contributed by atoms with Crippen LogP contribution in [0.15, 0.2) is 42.9 Å². The van der Waals surface area contributed by atoms with E-state index in [4.69, 9.17) is 0 Å². The van der Waals surface area contributed by atoms with E-state index in [1.807, 2.05) is 35.9 Å². The lowest BCUT2D eigenvalue weighted by atomic mass is 10.0. The third kappa shape index (κ3) is 2.27. The predicted molar refractivity (Wildman–Crippen MR) is 89.4 cm³/mol. The van der Waals surface area contributed by atoms with Gasteiger partial charge in [0.25, 0.3) is 5.91 Å². The van der Waals surface area contributed by atoms with Crippen LogP contribution in [0.1, 0.15) is 21.7 Å². The van der Waals surface area contributed by atoms with Crippen molar-refractivity contribution >= 4 is 16.8 Å². The summed E-state index contributed by atoms with van der Waals surface area (Å²) >= 11 is 0. The van der Waals surface area contributed by atoms with Gasteiger partial charge in [0.1, 0.15) is 0 Å². The number of aliphatic hydroxyl groups excluding tert-OH is 1. The Balaban J connectivity index is 1.75. The van der Waals surface area contributed by atoms with Gasteiger partial charge in [-0.05, 0) is 12.1 Å². The molecule has 4 rings (SSSR count). The Bertz CT molecular complexity index is 913. The second kappa shape index (κ2) is 5.72. The number of para-hydroxylation sites is 1. The van der Waals surface area contributed by atoms with E-state index in [0.717, 1.165) is 22.3 Å². The van der Waals surface area contributed by atoms with E-state index in [2.05, 4.69) is 9.97 Å². The van der Waals surface area contributed by atoms with E-state index in [1.165, 1.54) is 0 Å². The zero-order chi connectivity index (χ0) is 16.7. The van der Waals surface area contributed by atoms with Crippen molar-refractivity contribution in [3.8, 4) is 0 Å². The molecule has 1 aliphatic heterocycles. The van der Waals surface area contributed by atoms with Crippen LogP contribution in [0, 0.1) is 0 Å². The molecule has 1 N–H and O–H groups in total. The Morgan fingerprint density at radius 1 is 1.29 bits per heavy atom. The van der Waals surface area contributed by atoms with Gasteiger partial charge in [0, 0.05) is 30.7 Å². The van der Waals surface area contributed by atoms with E-state index in [0.29, 0.717) is 18.5 Å². The molecule has 1 atom stereocenters. The Hall–Kier alpha value is -2.73. The molecule has 1 aliphatic rings. The number of rotatable bonds is 2. The Morgan fingerprint density at radius 3 is 2.96 bits per heavy atom. The zero-order valence-corrected chi connectivity index (χ0v) is 13.4. The molecule has 0 radical (unpaired) electrons. The minimum atomic E-state index is -0.243. The topological polar surface area (TPSA) is 71.2 Å². The second-order valence-electron chi connectivity index (χ2n) is 6.10. The molecule has 0 fully saturated rings. The maximum atomic E-state index is 13.2. The number of imidazole rings is 1. The van der Waals surface area contributed by atoms with Crippen LogP contribution in [0.5, 0.6) is 0 Å². The minimum absolute atomic E-state index is 0.0701. The summed E-state index contributed by atoms with van der Waals surface area (Å²) in [5.41, 5.74) is 3.38. The predicted octanol–water partition coefficient (Wildman–Crippen LogP) is 1.53. The summed E-state index contributed by atoms with van der Waals surface area (Å²) in [6.07, 6.45) is 4.02. The lowest BCUT2D eigenvalue weighted by Crippen LogP contribution is -2.46. The molecule has 6 nitrogen and oxygen atoms in total. The average Bonchev–Trinajstić information content (AvgIpc) is 2.99. The fraction of sp³-hybridized carbons (Fsp3) is 0.278. The van der Waals surface area contributed by atoms with Crippen molar-refractivity contribution in [1.82, 2.24) is 19.4 Å². The zero-order valence-electron chi connectivity index (χ0n) is 13.4. The molecule has 3 heterocycles. The van der Waals surface area contributed by atoms with Crippen molar-refractivity contribution in [2.75, 3.05) is 6.61 Å². The number of hydrogen-bond acceptors (Lipinski definition) is 4. The molecule has 0 saturated carbocycles. The van der Waals surface area contributed by atoms with E-state index in [1.54, 1.807) is 23.5 Å². The summed E-state index contributed by atoms with van der Waals surface area (Å²) in [6, 6.07) is 9.10. The van der Waals surface area contributed by atoms with Crippen LogP contribution in [0.3, 0.4) is 0 Å². The first-order chi connectivity index (χ1) is 11.7. The molecule has 3 aromatic rings. The van der Waals surface area contributed by atoms with Gasteiger partial charge in [-0.25, -0.2) is 4.98 Å². The Morgan fingerprint density at radius 2 is 2.12 bits per heavy atom. The molecular formula is C18H18N4O2. The van der Waals surface area contributed by atoms with Gasteiger partial charge in [0.15, 0.2) is 0 Å². The van der Waals surface area contributed by atoms with Gasteiger partial charge in [-0.15, -0.1) is 0 Å². The van der Waals surface area contributed by atoms with E-state index in [-0.39, 0.29) is 18.6 Å². The minimum Gasteiger partial charge on any atom is -0.394 e. The largest absolute Gasteiger partial charge is 0.394 e. The maximum Gasteiger partial charge on any atom is 0.255 e. The molecular weight excluding hydrogens is 304 g/mol. The molecule has 1 aromatic carbocycles. The van der Waals surface area contributed by atoms with Crippen molar-refractivity contribution in [3.63, 3.8) is 0 Å². The second-order valence-corrected chi connectivity index (χ2v) is 6.10. The number of aromatic nitrogens is 3. The molecule has 122 valence electrons. The molecule has 0 spiro atoms. The third-order valence-corrected chi connectivity index (χ3v) is 4.69. The number of carbonyl (C=O) groups excluding carboxylic acids is 1. The lowest BCUT2D eigenvalue weighted by Gasteiger charge is -2.34. The quantitative estimate of drug-likeness (QED) is 0.777. The molecule has 1 amide bonds. The summed E-state index contributed by atoms with van der Waals surface area (Å²) < 4.78 is 1.96. The number of aryl methyl sites for hydroxylation is 1. The van der Waals surface area contributed by atoms with Crippen molar-refractivity contribution in [3.05, 3.63) is 59.8 Å². The third-order valence-electron chi connectivity index (χ3n) is 4.69. The van der Waals surface area contributed by atoms with Crippen molar-refractivity contribution in [1.29, 1.82) is 0 Å². The molecule has 0 saturated heterocycles. The summed E-state index contributed by atoms with van der Waals surface area (Å²) in [5, 5.41) is 10.6. The molecule has 0 bridgehead atoms. The Kier molecular flexibility index (Phi) is 3.54. The van der Waals surface area contributed by atoms with E-state index in [9.17, 15) is 9.90 Å². The van der Waals surface area contributed by atoms with Gasteiger partial charge in [0.2, 0.25) is 0 Å². The number of nitrogens with zero attached hydrogens (tertiary/aromatic N) is 4. The van der Waals surface area contributed by atoms with Gasteiger partial charge < -0.3 is 14.6 Å². The number of pyridine rings is 1. The first-order valence-corrected chi connectivity index (χ1v) is 7.93. The summed E-state index contributed by atoms with van der Waals surface area (Å²) in [4.78, 5) is 23.6. The van der Waals surface area contributed by atoms with Crippen molar-refractivity contribution < 1.29 is 9.90 Å². The van der Waals surface area contributed by atoms with Crippen LogP contribution in [-0.4, -0.2) is 43.1 Å². The van der Waals surface area contributed by atoms with Crippen LogP contribution in [0.4, 0.5) is 0 Å². The average molecular weight is 322 g/mol. The van der Waals surface area contributed by atoms with Crippen LogP contribution in [0.2, 0.25) is 0 Å². The highest BCUT2D eigenvalue weighted by Gasteiger charge is 2.32. The smallest absolute Gasteiger partial charge is 0.255 e. The van der Waals surface area contributed by atoms with Crippen LogP contribution >= 0.6 is 0 Å². The number of benzene rings is 1. The highest BCUT2D eigenvalue weighted by Crippen LogP contribution is 2.26. The summed E-state index contributed by atoms with van der Waals surface area (Å²) in [5.74, 6) is -0.0936. The fourth-order valence-corrected chi connectivity index (χ4v) is 3.36. The van der Waals surface area contributed by atoms with Gasteiger partial charge in [-0.2, -0.15) is 0 Å². The van der Waals surface area contributed by atoms with E-state index >= 15 is 0 Å². The first kappa shape index (κ1) is 14.8. The number of fused-ring (bicyclic) bond motifs is 2. The summed E-state index contributed by atoms with van der Waals surface area (Å²) in [6.45, 7) is 0.344. The Labute approximate surface area is 139 Å². The number of aliphatic hydroxyl groups is 1. The molecule has 2 aromatic heterocycles. The highest BCUT2D eigenvalue weighted by atomic mass is 16.3. The maximum absolute atomic E-state index is 13.2. The molecule has 24 heavy (non-hydrogen) atoms. The van der Waals surface area contributed by atoms with Crippen molar-refractivity contribution in [2.45, 2.75) is 19.0 Å². The SMILES string of the molecule is Cn1cnc2c1C[C@H](CO)N(C(=O)c1ccnc3ccccc13)C2. The highest BCUT2D eigenvalue weighted by molar-refractivity contribution is 6.06. The van der Waals surface area contributed by atoms with Gasteiger partial charge in [-0.1, -0.05) is 18.2 Å². The molecule has 6 heteroatoms. The van der Waals surface area contributed by atoms with Crippen LogP contribution < -0.4 is 0 Å². The van der Waals surface area contributed by atoms with Crippen LogP contribution in [0.25, 0.3) is 10.9 Å². The first-order valence-electron chi connectivity index (χ1n) is 7.93. The number of amides is 1. The molecule has 0 aliphatic carbocycles. The number of carbonyl (C=O) groups is 1. The van der Waals surface area contributed by atoms with Gasteiger partial charge in [0.05, 0.1) is 42.3 Å². The monoisotopic (exact) mass is 322 g/mol. The molecule has 0 unspecified atom stereocenters. The fourth-order valence-electron chi connectivity index (χ4n) is 3.36. The normalized spacial score (nSPS) is 17.1. The van der Waals surface area contributed by atoms with Gasteiger partial charge in [-0.3, -0.25) is 9.78 Å². The van der Waals surface area contributed by atoms with Crippen molar-refractivity contribution in [2.24, 2.45) is 7.05 Å². The summed E-state index contributed by atoms with van der Waals surface area (Å²) in [7, 11) is 1.94. The number of hydrogen-bond donors (Lipinski definition) is 1. The van der Waals surface area contributed by atoms with Crippen LogP contribution in [-0.2, 0) is 20.0 Å².